The Morgan fingerprint density at radius 1 is 1.32 bits per heavy atom. The van der Waals surface area contributed by atoms with E-state index in [1.165, 1.54) is 19.3 Å². The zero-order valence-electron chi connectivity index (χ0n) is 11.5. The highest BCUT2D eigenvalue weighted by Crippen LogP contribution is 2.29. The minimum absolute atomic E-state index is 0.773. The maximum Gasteiger partial charge on any atom is 0.0726 e. The predicted octanol–water partition coefficient (Wildman–Crippen LogP) is 3.19. The SMILES string of the molecule is CCCN(Cc1cc(N)c2ccccc2n1)C1CC1. The van der Waals surface area contributed by atoms with Crippen LogP contribution >= 0.6 is 0 Å². The van der Waals surface area contributed by atoms with Gasteiger partial charge in [0.25, 0.3) is 0 Å². The lowest BCUT2D eigenvalue weighted by Gasteiger charge is -2.21. The van der Waals surface area contributed by atoms with Gasteiger partial charge in [-0.15, -0.1) is 0 Å². The van der Waals surface area contributed by atoms with Crippen molar-refractivity contribution in [2.75, 3.05) is 12.3 Å². The minimum Gasteiger partial charge on any atom is -0.398 e. The van der Waals surface area contributed by atoms with Crippen molar-refractivity contribution in [2.24, 2.45) is 0 Å². The van der Waals surface area contributed by atoms with Gasteiger partial charge in [0, 0.05) is 23.7 Å². The highest BCUT2D eigenvalue weighted by Gasteiger charge is 2.28. The predicted molar refractivity (Wildman–Crippen MR) is 79.9 cm³/mol. The number of para-hydroxylation sites is 1. The Bertz CT molecular complexity index is 575. The van der Waals surface area contributed by atoms with Crippen molar-refractivity contribution in [3.8, 4) is 0 Å². The summed E-state index contributed by atoms with van der Waals surface area (Å²) in [5.74, 6) is 0. The van der Waals surface area contributed by atoms with Crippen molar-refractivity contribution >= 4 is 16.6 Å². The Labute approximate surface area is 114 Å². The van der Waals surface area contributed by atoms with Gasteiger partial charge < -0.3 is 5.73 Å². The molecule has 0 radical (unpaired) electrons. The van der Waals surface area contributed by atoms with Crippen LogP contribution in [0.3, 0.4) is 0 Å². The van der Waals surface area contributed by atoms with E-state index >= 15 is 0 Å². The number of pyridine rings is 1. The zero-order valence-corrected chi connectivity index (χ0v) is 11.5. The van der Waals surface area contributed by atoms with Crippen LogP contribution < -0.4 is 5.73 Å². The second-order valence-electron chi connectivity index (χ2n) is 5.42. The molecular weight excluding hydrogens is 234 g/mol. The third kappa shape index (κ3) is 2.71. The van der Waals surface area contributed by atoms with Crippen molar-refractivity contribution in [1.29, 1.82) is 0 Å². The number of aromatic nitrogens is 1. The lowest BCUT2D eigenvalue weighted by Crippen LogP contribution is -2.26. The van der Waals surface area contributed by atoms with Crippen LogP contribution in [-0.2, 0) is 6.54 Å². The molecule has 0 unspecified atom stereocenters. The Morgan fingerprint density at radius 2 is 2.11 bits per heavy atom. The van der Waals surface area contributed by atoms with E-state index in [0.717, 1.165) is 41.4 Å². The number of nitrogens with zero attached hydrogens (tertiary/aromatic N) is 2. The molecule has 1 aliphatic rings. The first-order valence-corrected chi connectivity index (χ1v) is 7.16. The molecule has 0 spiro atoms. The number of nitrogens with two attached hydrogens (primary N) is 1. The van der Waals surface area contributed by atoms with Crippen LogP contribution in [0.5, 0.6) is 0 Å². The molecule has 1 saturated carbocycles. The molecule has 1 aromatic carbocycles. The van der Waals surface area contributed by atoms with Gasteiger partial charge in [-0.05, 0) is 37.9 Å². The van der Waals surface area contributed by atoms with Gasteiger partial charge in [0.1, 0.15) is 0 Å². The van der Waals surface area contributed by atoms with Gasteiger partial charge in [-0.2, -0.15) is 0 Å². The maximum atomic E-state index is 6.14. The number of hydrogen-bond donors (Lipinski definition) is 1. The summed E-state index contributed by atoms with van der Waals surface area (Å²) in [6.45, 7) is 4.31. The van der Waals surface area contributed by atoms with Gasteiger partial charge in [0.05, 0.1) is 11.2 Å². The van der Waals surface area contributed by atoms with Crippen LogP contribution in [0.1, 0.15) is 31.9 Å². The summed E-state index contributed by atoms with van der Waals surface area (Å²) in [5, 5.41) is 1.06. The summed E-state index contributed by atoms with van der Waals surface area (Å²) in [6, 6.07) is 10.9. The van der Waals surface area contributed by atoms with Crippen LogP contribution in [0.25, 0.3) is 10.9 Å². The lowest BCUT2D eigenvalue weighted by molar-refractivity contribution is 0.252. The van der Waals surface area contributed by atoms with Gasteiger partial charge in [-0.1, -0.05) is 25.1 Å². The largest absolute Gasteiger partial charge is 0.398 e. The Morgan fingerprint density at radius 3 is 2.84 bits per heavy atom. The van der Waals surface area contributed by atoms with Crippen LogP contribution in [0, 0.1) is 0 Å². The molecule has 100 valence electrons. The molecule has 0 bridgehead atoms. The second-order valence-corrected chi connectivity index (χ2v) is 5.42. The monoisotopic (exact) mass is 255 g/mol. The van der Waals surface area contributed by atoms with E-state index < -0.39 is 0 Å². The molecule has 3 nitrogen and oxygen atoms in total. The van der Waals surface area contributed by atoms with Crippen LogP contribution in [0.15, 0.2) is 30.3 Å². The van der Waals surface area contributed by atoms with Crippen molar-refractivity contribution in [2.45, 2.75) is 38.8 Å². The topological polar surface area (TPSA) is 42.1 Å². The molecule has 0 atom stereocenters. The smallest absolute Gasteiger partial charge is 0.0726 e. The standard InChI is InChI=1S/C16H21N3/c1-2-9-19(13-7-8-13)11-12-10-15(17)14-5-3-4-6-16(14)18-12/h3-6,10,13H,2,7-9,11H2,1H3,(H2,17,18). The molecule has 1 aliphatic carbocycles. The lowest BCUT2D eigenvalue weighted by atomic mass is 10.1. The number of benzene rings is 1. The molecule has 2 N–H and O–H groups in total. The summed E-state index contributed by atoms with van der Waals surface area (Å²) in [6.07, 6.45) is 3.87. The first-order valence-electron chi connectivity index (χ1n) is 7.16. The number of nitrogen functional groups attached to an aromatic ring is 1. The third-order valence-electron chi connectivity index (χ3n) is 3.74. The quantitative estimate of drug-likeness (QED) is 0.892. The number of fused-ring (bicyclic) bond motifs is 1. The molecule has 0 amide bonds. The fraction of sp³-hybridized carbons (Fsp3) is 0.438. The average Bonchev–Trinajstić information content (AvgIpc) is 3.23. The van der Waals surface area contributed by atoms with E-state index in [1.54, 1.807) is 0 Å². The molecule has 0 saturated heterocycles. The van der Waals surface area contributed by atoms with Crippen molar-refractivity contribution in [3.05, 3.63) is 36.0 Å². The Kier molecular flexibility index (Phi) is 3.38. The van der Waals surface area contributed by atoms with Gasteiger partial charge in [0.15, 0.2) is 0 Å². The molecule has 3 rings (SSSR count). The van der Waals surface area contributed by atoms with E-state index in [-0.39, 0.29) is 0 Å². The molecule has 19 heavy (non-hydrogen) atoms. The third-order valence-corrected chi connectivity index (χ3v) is 3.74. The Balaban J connectivity index is 1.87. The number of rotatable bonds is 5. The van der Waals surface area contributed by atoms with Crippen molar-refractivity contribution in [3.63, 3.8) is 0 Å². The first-order chi connectivity index (χ1) is 9.28. The van der Waals surface area contributed by atoms with E-state index in [9.17, 15) is 0 Å². The summed E-state index contributed by atoms with van der Waals surface area (Å²) >= 11 is 0. The highest BCUT2D eigenvalue weighted by atomic mass is 15.2. The molecular formula is C16H21N3. The molecule has 1 fully saturated rings. The summed E-state index contributed by atoms with van der Waals surface area (Å²) < 4.78 is 0. The van der Waals surface area contributed by atoms with E-state index in [4.69, 9.17) is 10.7 Å². The van der Waals surface area contributed by atoms with Crippen molar-refractivity contribution in [1.82, 2.24) is 9.88 Å². The molecule has 3 heteroatoms. The minimum atomic E-state index is 0.773. The van der Waals surface area contributed by atoms with Crippen LogP contribution in [-0.4, -0.2) is 22.5 Å². The average molecular weight is 255 g/mol. The van der Waals surface area contributed by atoms with Crippen LogP contribution in [0.2, 0.25) is 0 Å². The van der Waals surface area contributed by atoms with Gasteiger partial charge >= 0.3 is 0 Å². The van der Waals surface area contributed by atoms with Crippen LogP contribution in [0.4, 0.5) is 5.69 Å². The molecule has 1 heterocycles. The Hall–Kier alpha value is -1.61. The molecule has 2 aromatic rings. The fourth-order valence-electron chi connectivity index (χ4n) is 2.67. The van der Waals surface area contributed by atoms with E-state index in [1.807, 2.05) is 30.3 Å². The summed E-state index contributed by atoms with van der Waals surface area (Å²) in [4.78, 5) is 7.28. The highest BCUT2D eigenvalue weighted by molar-refractivity contribution is 5.90. The zero-order chi connectivity index (χ0) is 13.2. The van der Waals surface area contributed by atoms with Crippen molar-refractivity contribution < 1.29 is 0 Å². The van der Waals surface area contributed by atoms with Gasteiger partial charge in [-0.25, -0.2) is 0 Å². The normalized spacial score (nSPS) is 15.3. The second kappa shape index (κ2) is 5.17. The fourth-order valence-corrected chi connectivity index (χ4v) is 2.67. The maximum absolute atomic E-state index is 6.14. The van der Waals surface area contributed by atoms with E-state index in [0.29, 0.717) is 0 Å². The number of hydrogen-bond acceptors (Lipinski definition) is 3. The summed E-state index contributed by atoms with van der Waals surface area (Å²) in [7, 11) is 0. The van der Waals surface area contributed by atoms with Gasteiger partial charge in [0.2, 0.25) is 0 Å². The molecule has 1 aromatic heterocycles. The van der Waals surface area contributed by atoms with Gasteiger partial charge in [-0.3, -0.25) is 9.88 Å². The van der Waals surface area contributed by atoms with E-state index in [2.05, 4.69) is 11.8 Å². The first kappa shape index (κ1) is 12.4. The molecule has 0 aliphatic heterocycles. The number of anilines is 1. The summed E-state index contributed by atoms with van der Waals surface area (Å²) in [5.41, 5.74) is 9.08.